The maximum Gasteiger partial charge on any atom is 0.298 e. The van der Waals surface area contributed by atoms with Crippen LogP contribution >= 0.6 is 0 Å². The van der Waals surface area contributed by atoms with Crippen LogP contribution in [-0.4, -0.2) is 33.1 Å². The van der Waals surface area contributed by atoms with Crippen LogP contribution in [-0.2, 0) is 0 Å². The number of nitrogens with one attached hydrogen (secondary N) is 1. The number of aromatic nitrogens is 3. The smallest absolute Gasteiger partial charge is 0.298 e. The van der Waals surface area contributed by atoms with Crippen molar-refractivity contribution in [1.29, 1.82) is 0 Å². The van der Waals surface area contributed by atoms with Gasteiger partial charge >= 0.3 is 0 Å². The van der Waals surface area contributed by atoms with Crippen LogP contribution in [0.3, 0.4) is 0 Å². The Hall–Kier alpha value is -3.61. The Morgan fingerprint density at radius 2 is 2.08 bits per heavy atom. The highest BCUT2D eigenvalue weighted by Gasteiger charge is 2.12. The van der Waals surface area contributed by atoms with Crippen molar-refractivity contribution in [3.8, 4) is 11.5 Å². The molecule has 4 aromatic rings. The van der Waals surface area contributed by atoms with Gasteiger partial charge in [-0.05, 0) is 36.8 Å². The van der Waals surface area contributed by atoms with Gasteiger partial charge in [-0.25, -0.2) is 4.98 Å². The molecule has 0 bridgehead atoms. The lowest BCUT2D eigenvalue weighted by atomic mass is 10.2. The molecule has 0 radical (unpaired) electrons. The van der Waals surface area contributed by atoms with Gasteiger partial charge in [0.1, 0.15) is 16.9 Å². The summed E-state index contributed by atoms with van der Waals surface area (Å²) in [4.78, 5) is 20.5. The number of phenols is 1. The summed E-state index contributed by atoms with van der Waals surface area (Å²) in [5.41, 5.74) is 2.32. The van der Waals surface area contributed by atoms with Gasteiger partial charge in [0.25, 0.3) is 5.56 Å². The summed E-state index contributed by atoms with van der Waals surface area (Å²) in [6.45, 7) is 1.73. The number of rotatable bonds is 3. The zero-order valence-electron chi connectivity index (χ0n) is 14.2. The molecule has 26 heavy (non-hydrogen) atoms. The first-order valence-electron chi connectivity index (χ1n) is 8.00. The van der Waals surface area contributed by atoms with Gasteiger partial charge in [-0.3, -0.25) is 4.79 Å². The number of ether oxygens (including phenoxy) is 1. The van der Waals surface area contributed by atoms with E-state index >= 15 is 0 Å². The van der Waals surface area contributed by atoms with Gasteiger partial charge in [-0.2, -0.15) is 9.78 Å². The minimum Gasteiger partial charge on any atom is -0.504 e. The minimum absolute atomic E-state index is 0.0409. The van der Waals surface area contributed by atoms with Crippen molar-refractivity contribution in [2.45, 2.75) is 6.92 Å². The summed E-state index contributed by atoms with van der Waals surface area (Å²) in [6.07, 6.45) is 1.52. The Morgan fingerprint density at radius 1 is 1.27 bits per heavy atom. The van der Waals surface area contributed by atoms with Crippen LogP contribution in [0.25, 0.3) is 21.9 Å². The fourth-order valence-corrected chi connectivity index (χ4v) is 2.89. The number of fused-ring (bicyclic) bond motifs is 3. The molecule has 0 aliphatic heterocycles. The zero-order valence-corrected chi connectivity index (χ0v) is 14.2. The van der Waals surface area contributed by atoms with E-state index in [0.717, 1.165) is 10.9 Å². The van der Waals surface area contributed by atoms with Gasteiger partial charge in [0.05, 0.1) is 13.3 Å². The Bertz CT molecular complexity index is 1220. The number of phenolic OH excluding ortho intramolecular Hbond substituents is 1. The molecular formula is C19H16N4O3. The van der Waals surface area contributed by atoms with Crippen LogP contribution < -0.4 is 10.3 Å². The number of benzene rings is 2. The number of hydrogen-bond donors (Lipinski definition) is 2. The SMILES string of the molecule is COc1cc(/C=N/n2c(C)nc3c([nH]c4ccccc43)c2=O)ccc1O. The van der Waals surface area contributed by atoms with Gasteiger partial charge in [-0.1, -0.05) is 18.2 Å². The molecule has 0 atom stereocenters. The number of hydrogen-bond acceptors (Lipinski definition) is 5. The molecule has 7 heteroatoms. The van der Waals surface area contributed by atoms with E-state index in [1.54, 1.807) is 19.1 Å². The zero-order chi connectivity index (χ0) is 18.3. The van der Waals surface area contributed by atoms with Crippen molar-refractivity contribution in [2.75, 3.05) is 7.11 Å². The van der Waals surface area contributed by atoms with Crippen molar-refractivity contribution in [2.24, 2.45) is 5.10 Å². The maximum atomic E-state index is 12.8. The van der Waals surface area contributed by atoms with Crippen molar-refractivity contribution in [1.82, 2.24) is 14.6 Å². The lowest BCUT2D eigenvalue weighted by Gasteiger charge is -2.05. The highest BCUT2D eigenvalue weighted by Crippen LogP contribution is 2.25. The number of para-hydroxylation sites is 1. The monoisotopic (exact) mass is 348 g/mol. The highest BCUT2D eigenvalue weighted by atomic mass is 16.5. The Balaban J connectivity index is 1.84. The molecule has 0 fully saturated rings. The molecule has 130 valence electrons. The predicted molar refractivity (Wildman–Crippen MR) is 100 cm³/mol. The summed E-state index contributed by atoms with van der Waals surface area (Å²) in [5, 5.41) is 14.8. The van der Waals surface area contributed by atoms with Gasteiger partial charge in [0.2, 0.25) is 0 Å². The first-order chi connectivity index (χ1) is 12.6. The van der Waals surface area contributed by atoms with Crippen LogP contribution in [0, 0.1) is 6.92 Å². The lowest BCUT2D eigenvalue weighted by molar-refractivity contribution is 0.373. The topological polar surface area (TPSA) is 92.5 Å². The van der Waals surface area contributed by atoms with E-state index < -0.39 is 0 Å². The quantitative estimate of drug-likeness (QED) is 0.557. The number of aromatic hydroxyl groups is 1. The molecule has 0 saturated carbocycles. The summed E-state index contributed by atoms with van der Waals surface area (Å²) in [6, 6.07) is 12.5. The molecule has 4 rings (SSSR count). The van der Waals surface area contributed by atoms with Crippen molar-refractivity contribution in [3.63, 3.8) is 0 Å². The largest absolute Gasteiger partial charge is 0.504 e. The summed E-state index contributed by atoms with van der Waals surface area (Å²) < 4.78 is 6.33. The molecule has 0 aliphatic carbocycles. The average molecular weight is 348 g/mol. The van der Waals surface area contributed by atoms with Crippen molar-refractivity contribution >= 4 is 28.2 Å². The number of methoxy groups -OCH3 is 1. The summed E-state index contributed by atoms with van der Waals surface area (Å²) in [7, 11) is 1.47. The Kier molecular flexibility index (Phi) is 3.69. The van der Waals surface area contributed by atoms with Crippen LogP contribution in [0.5, 0.6) is 11.5 Å². The summed E-state index contributed by atoms with van der Waals surface area (Å²) >= 11 is 0. The Labute approximate surface area is 148 Å². The molecule has 0 spiro atoms. The summed E-state index contributed by atoms with van der Waals surface area (Å²) in [5.74, 6) is 0.857. The molecule has 0 unspecified atom stereocenters. The van der Waals surface area contributed by atoms with Gasteiger partial charge in [-0.15, -0.1) is 0 Å². The lowest BCUT2D eigenvalue weighted by Crippen LogP contribution is -2.20. The fourth-order valence-electron chi connectivity index (χ4n) is 2.89. The van der Waals surface area contributed by atoms with Gasteiger partial charge in [0, 0.05) is 10.9 Å². The molecule has 0 saturated heterocycles. The van der Waals surface area contributed by atoms with E-state index in [4.69, 9.17) is 4.74 Å². The second-order valence-corrected chi connectivity index (χ2v) is 5.85. The minimum atomic E-state index is -0.273. The normalized spacial score (nSPS) is 11.6. The average Bonchev–Trinajstić information content (AvgIpc) is 3.01. The number of H-pyrrole nitrogens is 1. The molecule has 2 heterocycles. The fraction of sp³-hybridized carbons (Fsp3) is 0.105. The van der Waals surface area contributed by atoms with Crippen LogP contribution in [0.2, 0.25) is 0 Å². The van der Waals surface area contributed by atoms with Gasteiger partial charge in [0.15, 0.2) is 11.5 Å². The first-order valence-corrected chi connectivity index (χ1v) is 8.00. The van der Waals surface area contributed by atoms with Crippen molar-refractivity contribution in [3.05, 3.63) is 64.2 Å². The third-order valence-corrected chi connectivity index (χ3v) is 4.19. The van der Waals surface area contributed by atoms with Crippen LogP contribution in [0.15, 0.2) is 52.4 Å². The number of aromatic amines is 1. The standard InChI is InChI=1S/C19H16N4O3/c1-11-21-17-13-5-3-4-6-14(13)22-18(17)19(25)23(11)20-10-12-7-8-15(24)16(9-12)26-2/h3-10,22,24H,1-2H3/b20-10+. The Morgan fingerprint density at radius 3 is 2.88 bits per heavy atom. The predicted octanol–water partition coefficient (Wildman–Crippen LogP) is 2.78. The molecule has 2 aromatic carbocycles. The van der Waals surface area contributed by atoms with Crippen molar-refractivity contribution < 1.29 is 9.84 Å². The second-order valence-electron chi connectivity index (χ2n) is 5.85. The van der Waals surface area contributed by atoms with Gasteiger partial charge < -0.3 is 14.8 Å². The number of nitrogens with zero attached hydrogens (tertiary/aromatic N) is 3. The van der Waals surface area contributed by atoms with E-state index in [2.05, 4.69) is 15.1 Å². The highest BCUT2D eigenvalue weighted by molar-refractivity contribution is 6.04. The third kappa shape index (κ3) is 2.50. The molecule has 0 amide bonds. The second kappa shape index (κ2) is 6.03. The van der Waals surface area contributed by atoms with E-state index in [-0.39, 0.29) is 11.3 Å². The molecule has 0 aliphatic rings. The van der Waals surface area contributed by atoms with E-state index in [9.17, 15) is 9.90 Å². The molecule has 7 nitrogen and oxygen atoms in total. The molecular weight excluding hydrogens is 332 g/mol. The molecule has 2 aromatic heterocycles. The van der Waals surface area contributed by atoms with Crippen LogP contribution in [0.4, 0.5) is 0 Å². The molecule has 2 N–H and O–H groups in total. The van der Waals surface area contributed by atoms with E-state index in [1.165, 1.54) is 24.1 Å². The number of aryl methyl sites for hydroxylation is 1. The third-order valence-electron chi connectivity index (χ3n) is 4.19. The first kappa shape index (κ1) is 15.9. The van der Waals surface area contributed by atoms with E-state index in [0.29, 0.717) is 28.2 Å². The van der Waals surface area contributed by atoms with Crippen LogP contribution in [0.1, 0.15) is 11.4 Å². The van der Waals surface area contributed by atoms with E-state index in [1.807, 2.05) is 24.3 Å². The maximum absolute atomic E-state index is 12.8.